The molecule has 0 amide bonds. The Morgan fingerprint density at radius 2 is 2.32 bits per heavy atom. The Balaban J connectivity index is 1.61. The fourth-order valence-electron chi connectivity index (χ4n) is 2.48. The Hall–Kier alpha value is -1.39. The first-order chi connectivity index (χ1) is 9.34. The highest BCUT2D eigenvalue weighted by Gasteiger charge is 2.20. The monoisotopic (exact) mass is 274 g/mol. The zero-order valence-corrected chi connectivity index (χ0v) is 11.9. The van der Waals surface area contributed by atoms with Gasteiger partial charge in [0.2, 0.25) is 0 Å². The van der Waals surface area contributed by atoms with Gasteiger partial charge in [-0.25, -0.2) is 4.98 Å². The number of benzene rings is 1. The van der Waals surface area contributed by atoms with Crippen LogP contribution in [0.1, 0.15) is 28.6 Å². The molecular weight excluding hydrogens is 256 g/mol. The van der Waals surface area contributed by atoms with Crippen LogP contribution in [-0.4, -0.2) is 18.1 Å². The minimum atomic E-state index is 0.415. The maximum absolute atomic E-state index is 5.68. The van der Waals surface area contributed by atoms with Gasteiger partial charge in [0.05, 0.1) is 17.8 Å². The molecule has 3 rings (SSSR count). The molecule has 0 saturated carbocycles. The Morgan fingerprint density at radius 3 is 3.16 bits per heavy atom. The quantitative estimate of drug-likeness (QED) is 0.930. The van der Waals surface area contributed by atoms with Crippen LogP contribution in [0.2, 0.25) is 0 Å². The van der Waals surface area contributed by atoms with E-state index in [-0.39, 0.29) is 0 Å². The van der Waals surface area contributed by atoms with Crippen molar-refractivity contribution in [2.24, 2.45) is 0 Å². The molecule has 19 heavy (non-hydrogen) atoms. The van der Waals surface area contributed by atoms with Crippen LogP contribution in [0.3, 0.4) is 0 Å². The summed E-state index contributed by atoms with van der Waals surface area (Å²) >= 11 is 1.75. The van der Waals surface area contributed by atoms with E-state index in [2.05, 4.69) is 35.4 Å². The maximum atomic E-state index is 5.68. The molecule has 0 bridgehead atoms. The number of aryl methyl sites for hydroxylation is 1. The van der Waals surface area contributed by atoms with Gasteiger partial charge in [0, 0.05) is 29.4 Å². The van der Waals surface area contributed by atoms with Gasteiger partial charge in [-0.15, -0.1) is 11.3 Å². The minimum Gasteiger partial charge on any atom is -0.493 e. The molecule has 2 heterocycles. The average Bonchev–Trinajstić information content (AvgIpc) is 2.85. The summed E-state index contributed by atoms with van der Waals surface area (Å²) in [6, 6.07) is 8.73. The van der Waals surface area contributed by atoms with Crippen molar-refractivity contribution < 1.29 is 4.74 Å². The largest absolute Gasteiger partial charge is 0.493 e. The van der Waals surface area contributed by atoms with Crippen LogP contribution >= 0.6 is 11.3 Å². The van der Waals surface area contributed by atoms with Crippen LogP contribution in [-0.2, 0) is 6.42 Å². The van der Waals surface area contributed by atoms with Crippen molar-refractivity contribution in [3.8, 4) is 5.75 Å². The Kier molecular flexibility index (Phi) is 3.80. The van der Waals surface area contributed by atoms with E-state index >= 15 is 0 Å². The van der Waals surface area contributed by atoms with Gasteiger partial charge in [-0.1, -0.05) is 18.2 Å². The van der Waals surface area contributed by atoms with Crippen molar-refractivity contribution in [2.75, 3.05) is 13.2 Å². The third kappa shape index (κ3) is 2.80. The van der Waals surface area contributed by atoms with Crippen LogP contribution in [0.5, 0.6) is 5.75 Å². The van der Waals surface area contributed by atoms with E-state index in [4.69, 9.17) is 4.74 Å². The molecule has 1 unspecified atom stereocenters. The summed E-state index contributed by atoms with van der Waals surface area (Å²) in [6.07, 6.45) is 2.09. The summed E-state index contributed by atoms with van der Waals surface area (Å²) in [6.45, 7) is 3.87. The summed E-state index contributed by atoms with van der Waals surface area (Å²) in [4.78, 5) is 5.67. The van der Waals surface area contributed by atoms with Gasteiger partial charge in [-0.3, -0.25) is 0 Å². The smallest absolute Gasteiger partial charge is 0.124 e. The lowest BCUT2D eigenvalue weighted by Gasteiger charge is -2.26. The summed E-state index contributed by atoms with van der Waals surface area (Å²) < 4.78 is 5.68. The Morgan fingerprint density at radius 1 is 1.42 bits per heavy atom. The molecular formula is C15H18N2OS. The van der Waals surface area contributed by atoms with Gasteiger partial charge in [0.25, 0.3) is 0 Å². The third-order valence-electron chi connectivity index (χ3n) is 3.55. The maximum Gasteiger partial charge on any atom is 0.124 e. The molecule has 1 N–H and O–H groups in total. The summed E-state index contributed by atoms with van der Waals surface area (Å²) in [7, 11) is 0. The van der Waals surface area contributed by atoms with Gasteiger partial charge >= 0.3 is 0 Å². The number of aromatic nitrogens is 1. The lowest BCUT2D eigenvalue weighted by Crippen LogP contribution is -2.28. The minimum absolute atomic E-state index is 0.415. The highest BCUT2D eigenvalue weighted by atomic mass is 32.1. The number of thiazole rings is 1. The Bertz CT molecular complexity index is 553. The van der Waals surface area contributed by atoms with Crippen molar-refractivity contribution in [3.05, 3.63) is 45.9 Å². The van der Waals surface area contributed by atoms with Gasteiger partial charge in [0.15, 0.2) is 0 Å². The summed E-state index contributed by atoms with van der Waals surface area (Å²) in [5.74, 6) is 1.03. The first kappa shape index (κ1) is 12.6. The molecule has 0 spiro atoms. The van der Waals surface area contributed by atoms with E-state index in [1.54, 1.807) is 11.3 Å². The van der Waals surface area contributed by atoms with Crippen LogP contribution in [0.25, 0.3) is 0 Å². The molecule has 1 aromatic carbocycles. The molecule has 0 saturated heterocycles. The number of nitrogens with zero attached hydrogens (tertiary/aromatic N) is 1. The highest BCUT2D eigenvalue weighted by molar-refractivity contribution is 7.09. The average molecular weight is 274 g/mol. The lowest BCUT2D eigenvalue weighted by molar-refractivity contribution is 0.253. The second kappa shape index (κ2) is 5.72. The number of fused-ring (bicyclic) bond motifs is 1. The Labute approximate surface area is 117 Å². The van der Waals surface area contributed by atoms with Crippen molar-refractivity contribution in [2.45, 2.75) is 25.8 Å². The van der Waals surface area contributed by atoms with Crippen LogP contribution in [0.15, 0.2) is 29.8 Å². The SMILES string of the molecule is Cc1ncsc1CCNC1CCOc2ccccc21. The number of rotatable bonds is 4. The van der Waals surface area contributed by atoms with Crippen LogP contribution in [0.4, 0.5) is 0 Å². The molecule has 4 heteroatoms. The normalized spacial score (nSPS) is 17.8. The number of nitrogens with one attached hydrogen (secondary N) is 1. The van der Waals surface area contributed by atoms with Gasteiger partial charge in [-0.2, -0.15) is 0 Å². The standard InChI is InChI=1S/C15H18N2OS/c1-11-15(19-10-17-11)6-8-16-13-7-9-18-14-5-3-2-4-12(13)14/h2-5,10,13,16H,6-9H2,1H3. The van der Waals surface area contributed by atoms with E-state index in [1.807, 2.05) is 11.6 Å². The third-order valence-corrected chi connectivity index (χ3v) is 4.54. The van der Waals surface area contributed by atoms with E-state index in [0.717, 1.165) is 31.7 Å². The topological polar surface area (TPSA) is 34.2 Å². The molecule has 0 radical (unpaired) electrons. The number of hydrogen-bond donors (Lipinski definition) is 1. The fourth-order valence-corrected chi connectivity index (χ4v) is 3.26. The predicted octanol–water partition coefficient (Wildman–Crippen LogP) is 3.11. The molecule has 0 aliphatic carbocycles. The number of ether oxygens (including phenoxy) is 1. The van der Waals surface area contributed by atoms with Gasteiger partial charge in [0.1, 0.15) is 5.75 Å². The summed E-state index contributed by atoms with van der Waals surface area (Å²) in [5.41, 5.74) is 4.38. The zero-order valence-electron chi connectivity index (χ0n) is 11.1. The molecule has 1 atom stereocenters. The van der Waals surface area contributed by atoms with Crippen molar-refractivity contribution in [1.82, 2.24) is 10.3 Å². The van der Waals surface area contributed by atoms with E-state index < -0.39 is 0 Å². The molecule has 2 aromatic rings. The zero-order chi connectivity index (χ0) is 13.1. The number of para-hydroxylation sites is 1. The first-order valence-electron chi connectivity index (χ1n) is 6.68. The van der Waals surface area contributed by atoms with Crippen molar-refractivity contribution in [3.63, 3.8) is 0 Å². The van der Waals surface area contributed by atoms with E-state index in [0.29, 0.717) is 6.04 Å². The lowest BCUT2D eigenvalue weighted by atomic mass is 10.0. The van der Waals surface area contributed by atoms with Crippen molar-refractivity contribution in [1.29, 1.82) is 0 Å². The second-order valence-corrected chi connectivity index (χ2v) is 5.73. The molecule has 1 aromatic heterocycles. The summed E-state index contributed by atoms with van der Waals surface area (Å²) in [5, 5.41) is 3.64. The predicted molar refractivity (Wildman–Crippen MR) is 77.9 cm³/mol. The molecule has 3 nitrogen and oxygen atoms in total. The molecule has 1 aliphatic heterocycles. The molecule has 100 valence electrons. The number of hydrogen-bond acceptors (Lipinski definition) is 4. The first-order valence-corrected chi connectivity index (χ1v) is 7.56. The fraction of sp³-hybridized carbons (Fsp3) is 0.400. The van der Waals surface area contributed by atoms with E-state index in [9.17, 15) is 0 Å². The molecule has 1 aliphatic rings. The van der Waals surface area contributed by atoms with Crippen LogP contribution in [0, 0.1) is 6.92 Å². The molecule has 0 fully saturated rings. The van der Waals surface area contributed by atoms with Gasteiger partial charge < -0.3 is 10.1 Å². The highest BCUT2D eigenvalue weighted by Crippen LogP contribution is 2.31. The second-order valence-electron chi connectivity index (χ2n) is 4.79. The van der Waals surface area contributed by atoms with Crippen molar-refractivity contribution >= 4 is 11.3 Å². The van der Waals surface area contributed by atoms with Gasteiger partial charge in [-0.05, 0) is 19.4 Å². The van der Waals surface area contributed by atoms with E-state index in [1.165, 1.54) is 16.1 Å². The van der Waals surface area contributed by atoms with Crippen LogP contribution < -0.4 is 10.1 Å².